The molecule has 0 fully saturated rings. The molecule has 1 heterocycles. The van der Waals surface area contributed by atoms with Crippen LogP contribution in [0.1, 0.15) is 5.56 Å². The Balaban J connectivity index is 2.35. The van der Waals surface area contributed by atoms with Gasteiger partial charge < -0.3 is 0 Å². The van der Waals surface area contributed by atoms with Crippen LogP contribution in [0.4, 0.5) is 0 Å². The summed E-state index contributed by atoms with van der Waals surface area (Å²) in [5.41, 5.74) is 0.864. The molecule has 0 amide bonds. The number of nitrogens with zero attached hydrogens (tertiary/aromatic N) is 2. The minimum atomic E-state index is -3.72. The molecule has 0 radical (unpaired) electrons. The van der Waals surface area contributed by atoms with E-state index in [1.165, 1.54) is 23.6 Å². The van der Waals surface area contributed by atoms with Gasteiger partial charge in [-0.05, 0) is 33.6 Å². The molecule has 0 unspecified atom stereocenters. The highest BCUT2D eigenvalue weighted by Gasteiger charge is 2.25. The van der Waals surface area contributed by atoms with Crippen molar-refractivity contribution in [3.05, 3.63) is 56.2 Å². The summed E-state index contributed by atoms with van der Waals surface area (Å²) in [6.45, 7) is 0.229. The molecule has 1 aromatic heterocycles. The summed E-state index contributed by atoms with van der Waals surface area (Å²) in [6.07, 6.45) is 1.45. The number of benzene rings is 1. The van der Waals surface area contributed by atoms with Crippen LogP contribution >= 0.6 is 43.5 Å². The van der Waals surface area contributed by atoms with Gasteiger partial charge in [0.2, 0.25) is 10.0 Å². The summed E-state index contributed by atoms with van der Waals surface area (Å²) in [4.78, 5) is 3.84. The third kappa shape index (κ3) is 3.84. The second kappa shape index (κ2) is 6.75. The molecule has 4 nitrogen and oxygen atoms in total. The number of halogens is 3. The fourth-order valence-corrected chi connectivity index (χ4v) is 4.18. The summed E-state index contributed by atoms with van der Waals surface area (Å²) in [7, 11) is -2.21. The van der Waals surface area contributed by atoms with Gasteiger partial charge in [-0.2, -0.15) is 4.31 Å². The zero-order valence-electron chi connectivity index (χ0n) is 10.9. The van der Waals surface area contributed by atoms with Gasteiger partial charge in [-0.1, -0.05) is 45.7 Å². The summed E-state index contributed by atoms with van der Waals surface area (Å²) < 4.78 is 27.8. The van der Waals surface area contributed by atoms with Crippen LogP contribution in [0.5, 0.6) is 0 Å². The molecule has 0 saturated heterocycles. The first-order valence-electron chi connectivity index (χ1n) is 5.83. The number of sulfonamides is 1. The lowest BCUT2D eigenvalue weighted by Gasteiger charge is -2.18. The van der Waals surface area contributed by atoms with E-state index in [9.17, 15) is 8.42 Å². The average molecular weight is 455 g/mol. The van der Waals surface area contributed by atoms with Crippen molar-refractivity contribution in [2.45, 2.75) is 11.4 Å². The van der Waals surface area contributed by atoms with E-state index < -0.39 is 10.0 Å². The van der Waals surface area contributed by atoms with Gasteiger partial charge in [0.05, 0.1) is 0 Å². The van der Waals surface area contributed by atoms with Crippen LogP contribution in [0.2, 0.25) is 5.15 Å². The van der Waals surface area contributed by atoms with Crippen LogP contribution in [-0.4, -0.2) is 24.8 Å². The quantitative estimate of drug-likeness (QED) is 0.654. The Hall–Kier alpha value is -0.470. The van der Waals surface area contributed by atoms with Gasteiger partial charge in [0, 0.05) is 28.7 Å². The Morgan fingerprint density at radius 2 is 1.95 bits per heavy atom. The fraction of sp³-hybridized carbons (Fsp3) is 0.154. The summed E-state index contributed by atoms with van der Waals surface area (Å²) >= 11 is 12.5. The largest absolute Gasteiger partial charge is 0.246 e. The normalized spacial score (nSPS) is 11.9. The maximum Gasteiger partial charge on any atom is 0.246 e. The van der Waals surface area contributed by atoms with Crippen LogP contribution in [0.3, 0.4) is 0 Å². The van der Waals surface area contributed by atoms with Gasteiger partial charge in [0.15, 0.2) is 0 Å². The Kier molecular flexibility index (Phi) is 5.43. The molecule has 1 aromatic carbocycles. The van der Waals surface area contributed by atoms with E-state index in [0.717, 1.165) is 10.0 Å². The molecule has 0 atom stereocenters. The van der Waals surface area contributed by atoms with Crippen molar-refractivity contribution in [2.24, 2.45) is 0 Å². The monoisotopic (exact) mass is 452 g/mol. The predicted octanol–water partition coefficient (Wildman–Crippen LogP) is 4.08. The van der Waals surface area contributed by atoms with Crippen molar-refractivity contribution in [1.82, 2.24) is 9.29 Å². The van der Waals surface area contributed by atoms with Crippen molar-refractivity contribution >= 4 is 53.5 Å². The summed E-state index contributed by atoms with van der Waals surface area (Å²) in [5, 5.41) is -0.0443. The van der Waals surface area contributed by atoms with Gasteiger partial charge in [-0.25, -0.2) is 13.4 Å². The lowest BCUT2D eigenvalue weighted by Crippen LogP contribution is -2.27. The molecule has 21 heavy (non-hydrogen) atoms. The van der Waals surface area contributed by atoms with Gasteiger partial charge in [-0.15, -0.1) is 0 Å². The lowest BCUT2D eigenvalue weighted by atomic mass is 10.2. The van der Waals surface area contributed by atoms with Gasteiger partial charge in [-0.3, -0.25) is 0 Å². The smallest absolute Gasteiger partial charge is 0.242 e. The second-order valence-electron chi connectivity index (χ2n) is 4.29. The topological polar surface area (TPSA) is 50.3 Å². The molecule has 0 aliphatic carbocycles. The Labute approximate surface area is 145 Å². The van der Waals surface area contributed by atoms with E-state index in [2.05, 4.69) is 36.8 Å². The molecular formula is C13H11Br2ClN2O2S. The molecule has 0 aliphatic rings. The maximum absolute atomic E-state index is 12.6. The molecule has 2 rings (SSSR count). The molecule has 0 aliphatic heterocycles. The standard InChI is InChI=1S/C13H11Br2ClN2O2S/c1-18(8-9-4-2-3-5-11(9)15)21(19,20)12-6-10(14)7-17-13(12)16/h2-7H,8H2,1H3. The molecule has 0 spiro atoms. The molecule has 0 bridgehead atoms. The SMILES string of the molecule is CN(Cc1ccccc1Br)S(=O)(=O)c1cc(Br)cnc1Cl. The van der Waals surface area contributed by atoms with Gasteiger partial charge >= 0.3 is 0 Å². The molecule has 112 valence electrons. The summed E-state index contributed by atoms with van der Waals surface area (Å²) in [6, 6.07) is 8.90. The molecule has 0 saturated carbocycles. The number of hydrogen-bond donors (Lipinski definition) is 0. The van der Waals surface area contributed by atoms with Crippen LogP contribution in [0.15, 0.2) is 50.4 Å². The fourth-order valence-electron chi connectivity index (χ4n) is 1.70. The number of hydrogen-bond acceptors (Lipinski definition) is 3. The van der Waals surface area contributed by atoms with Crippen molar-refractivity contribution in [3.8, 4) is 0 Å². The zero-order valence-corrected chi connectivity index (χ0v) is 15.7. The first-order chi connectivity index (χ1) is 9.82. The highest BCUT2D eigenvalue weighted by Crippen LogP contribution is 2.27. The molecular weight excluding hydrogens is 443 g/mol. The molecule has 0 N–H and O–H groups in total. The van der Waals surface area contributed by atoms with E-state index in [-0.39, 0.29) is 16.6 Å². The zero-order chi connectivity index (χ0) is 15.6. The molecule has 2 aromatic rings. The van der Waals surface area contributed by atoms with E-state index in [1.807, 2.05) is 24.3 Å². The van der Waals surface area contributed by atoms with Crippen LogP contribution < -0.4 is 0 Å². The summed E-state index contributed by atoms with van der Waals surface area (Å²) in [5.74, 6) is 0. The number of pyridine rings is 1. The van der Waals surface area contributed by atoms with E-state index in [0.29, 0.717) is 4.47 Å². The van der Waals surface area contributed by atoms with Crippen molar-refractivity contribution in [1.29, 1.82) is 0 Å². The van der Waals surface area contributed by atoms with Gasteiger partial charge in [0.1, 0.15) is 10.0 Å². The van der Waals surface area contributed by atoms with Crippen molar-refractivity contribution < 1.29 is 8.42 Å². The van der Waals surface area contributed by atoms with E-state index in [1.54, 1.807) is 0 Å². The minimum Gasteiger partial charge on any atom is -0.242 e. The van der Waals surface area contributed by atoms with E-state index >= 15 is 0 Å². The second-order valence-corrected chi connectivity index (χ2v) is 8.44. The predicted molar refractivity (Wildman–Crippen MR) is 89.7 cm³/mol. The van der Waals surface area contributed by atoms with Crippen LogP contribution in [0, 0.1) is 0 Å². The Bertz CT molecular complexity index is 769. The lowest BCUT2D eigenvalue weighted by molar-refractivity contribution is 0.466. The van der Waals surface area contributed by atoms with Gasteiger partial charge in [0.25, 0.3) is 0 Å². The maximum atomic E-state index is 12.6. The average Bonchev–Trinajstić information content (AvgIpc) is 2.43. The molecule has 8 heteroatoms. The number of aromatic nitrogens is 1. The number of rotatable bonds is 4. The Morgan fingerprint density at radius 1 is 1.29 bits per heavy atom. The van der Waals surface area contributed by atoms with Crippen molar-refractivity contribution in [3.63, 3.8) is 0 Å². The van der Waals surface area contributed by atoms with Crippen LogP contribution in [0.25, 0.3) is 0 Å². The van der Waals surface area contributed by atoms with Crippen LogP contribution in [-0.2, 0) is 16.6 Å². The third-order valence-electron chi connectivity index (χ3n) is 2.81. The highest BCUT2D eigenvalue weighted by molar-refractivity contribution is 9.10. The minimum absolute atomic E-state index is 0.0203. The third-order valence-corrected chi connectivity index (χ3v) is 6.25. The highest BCUT2D eigenvalue weighted by atomic mass is 79.9. The first-order valence-corrected chi connectivity index (χ1v) is 9.23. The van der Waals surface area contributed by atoms with Crippen molar-refractivity contribution in [2.75, 3.05) is 7.05 Å². The Morgan fingerprint density at radius 3 is 2.62 bits per heavy atom. The first kappa shape index (κ1) is 16.9. The van der Waals surface area contributed by atoms with E-state index in [4.69, 9.17) is 11.6 Å².